The molecule has 1 saturated heterocycles. The summed E-state index contributed by atoms with van der Waals surface area (Å²) in [6, 6.07) is 15.4. The highest BCUT2D eigenvalue weighted by molar-refractivity contribution is 9.10. The largest absolute Gasteiger partial charge is 0.872 e. The van der Waals surface area contributed by atoms with Crippen LogP contribution in [0.3, 0.4) is 0 Å². The minimum absolute atomic E-state index is 0.0351. The third kappa shape index (κ3) is 5.30. The Kier molecular flexibility index (Phi) is 7.66. The predicted molar refractivity (Wildman–Crippen MR) is 134 cm³/mol. The second-order valence-electron chi connectivity index (χ2n) is 8.56. The first-order chi connectivity index (χ1) is 16.9. The van der Waals surface area contributed by atoms with Crippen molar-refractivity contribution in [3.8, 4) is 5.75 Å². The lowest BCUT2D eigenvalue weighted by Crippen LogP contribution is -2.29. The van der Waals surface area contributed by atoms with E-state index >= 15 is 0 Å². The summed E-state index contributed by atoms with van der Waals surface area (Å²) in [5.74, 6) is -1.18. The molecule has 0 radical (unpaired) electrons. The number of hydrogen-bond acceptors (Lipinski definition) is 4. The van der Waals surface area contributed by atoms with E-state index < -0.39 is 23.5 Å². The van der Waals surface area contributed by atoms with E-state index in [1.165, 1.54) is 4.90 Å². The number of ketones is 1. The first-order valence-electron chi connectivity index (χ1n) is 11.6. The molecule has 0 saturated carbocycles. The Morgan fingerprint density at radius 3 is 2.66 bits per heavy atom. The number of carbonyl (C=O) groups excluding carboxylic acids is 2. The maximum absolute atomic E-state index is 13.7. The van der Waals surface area contributed by atoms with Gasteiger partial charge in [-0.2, -0.15) is 0 Å². The Morgan fingerprint density at radius 1 is 1.14 bits per heavy atom. The number of nitrogens with one attached hydrogen (secondary N) is 1. The van der Waals surface area contributed by atoms with Gasteiger partial charge in [0.1, 0.15) is 5.75 Å². The van der Waals surface area contributed by atoms with E-state index in [-0.39, 0.29) is 12.1 Å². The first-order valence-corrected chi connectivity index (χ1v) is 12.4. The molecule has 2 heterocycles. The molecule has 6 nitrogen and oxygen atoms in total. The van der Waals surface area contributed by atoms with Crippen molar-refractivity contribution in [3.05, 3.63) is 99.3 Å². The fourth-order valence-corrected chi connectivity index (χ4v) is 4.63. The second kappa shape index (κ2) is 10.9. The van der Waals surface area contributed by atoms with Gasteiger partial charge >= 0.3 is 0 Å². The number of nitrogens with zero attached hydrogens (tertiary/aromatic N) is 1. The number of aromatic nitrogens is 1. The second-order valence-corrected chi connectivity index (χ2v) is 9.47. The molecule has 0 aliphatic carbocycles. The number of unbranched alkanes of at least 4 members (excludes halogenated alkanes) is 1. The number of ether oxygens (including phenoxy) is 1. The lowest BCUT2D eigenvalue weighted by Gasteiger charge is -2.27. The van der Waals surface area contributed by atoms with Crippen molar-refractivity contribution in [3.63, 3.8) is 0 Å². The Balaban J connectivity index is 1.78. The molecule has 2 aromatic carbocycles. The van der Waals surface area contributed by atoms with Crippen molar-refractivity contribution in [2.45, 2.75) is 39.3 Å². The number of hydrogen-bond donors (Lipinski definition) is 0. The summed E-state index contributed by atoms with van der Waals surface area (Å²) in [5, 5.41) is 13.7. The minimum atomic E-state index is -0.791. The van der Waals surface area contributed by atoms with Crippen LogP contribution >= 0.6 is 15.9 Å². The molecule has 3 aromatic rings. The van der Waals surface area contributed by atoms with E-state index in [4.69, 9.17) is 4.74 Å². The van der Waals surface area contributed by atoms with Crippen LogP contribution < -0.4 is 14.8 Å². The number of pyridine rings is 1. The fraction of sp³-hybridized carbons (Fsp3) is 0.250. The van der Waals surface area contributed by atoms with Crippen molar-refractivity contribution in [2.75, 3.05) is 6.61 Å². The van der Waals surface area contributed by atoms with Crippen LogP contribution in [0, 0.1) is 6.92 Å². The molecule has 1 fully saturated rings. The van der Waals surface area contributed by atoms with Gasteiger partial charge in [-0.1, -0.05) is 53.2 Å². The molecule has 4 rings (SSSR count). The SMILES string of the molecule is CCCCOc1ccc(/C([O-])=C2\C(=O)C(=O)N(Cc3ccc[nH+]c3)C2c2cccc(Br)c2)cc1C. The van der Waals surface area contributed by atoms with Crippen LogP contribution in [0.25, 0.3) is 5.76 Å². The highest BCUT2D eigenvalue weighted by atomic mass is 79.9. The summed E-state index contributed by atoms with van der Waals surface area (Å²) in [6.07, 6.45) is 5.51. The number of aromatic amines is 1. The molecule has 1 N–H and O–H groups in total. The van der Waals surface area contributed by atoms with Crippen molar-refractivity contribution >= 4 is 33.4 Å². The van der Waals surface area contributed by atoms with Gasteiger partial charge in [-0.3, -0.25) is 9.59 Å². The summed E-state index contributed by atoms with van der Waals surface area (Å²) in [7, 11) is 0. The standard InChI is InChI=1S/C28H27BrN2O4/c1-3-4-13-35-23-11-10-21(14-18(23)2)26(32)24-25(20-8-5-9-22(29)15-20)31(28(34)27(24)33)17-19-7-6-12-30-16-19/h5-12,14-16,25,32H,3-4,13,17H2,1-2H3/b26-24+. The van der Waals surface area contributed by atoms with Crippen LogP contribution in [0.15, 0.2) is 77.0 Å². The van der Waals surface area contributed by atoms with E-state index in [0.29, 0.717) is 23.5 Å². The van der Waals surface area contributed by atoms with Crippen molar-refractivity contribution < 1.29 is 24.4 Å². The topological polar surface area (TPSA) is 83.8 Å². The number of halogens is 1. The molecule has 1 aromatic heterocycles. The van der Waals surface area contributed by atoms with Gasteiger partial charge in [-0.25, -0.2) is 4.98 Å². The molecule has 1 unspecified atom stereocenters. The third-order valence-electron chi connectivity index (χ3n) is 6.01. The average Bonchev–Trinajstić information content (AvgIpc) is 3.10. The average molecular weight is 535 g/mol. The summed E-state index contributed by atoms with van der Waals surface area (Å²) >= 11 is 3.47. The summed E-state index contributed by atoms with van der Waals surface area (Å²) in [5.41, 5.74) is 2.65. The lowest BCUT2D eigenvalue weighted by molar-refractivity contribution is -0.378. The lowest BCUT2D eigenvalue weighted by atomic mass is 9.94. The molecule has 0 bridgehead atoms. The third-order valence-corrected chi connectivity index (χ3v) is 6.50. The maximum atomic E-state index is 13.7. The summed E-state index contributed by atoms with van der Waals surface area (Å²) in [6.45, 7) is 4.76. The van der Waals surface area contributed by atoms with Gasteiger partial charge in [-0.15, -0.1) is 0 Å². The van der Waals surface area contributed by atoms with Crippen LogP contribution in [0.2, 0.25) is 0 Å². The number of likely N-dealkylation sites (tertiary alicyclic amines) is 1. The van der Waals surface area contributed by atoms with Crippen LogP contribution in [-0.4, -0.2) is 23.2 Å². The first kappa shape index (κ1) is 24.7. The Labute approximate surface area is 213 Å². The Hall–Kier alpha value is -3.45. The van der Waals surface area contributed by atoms with E-state index in [1.807, 2.05) is 43.3 Å². The van der Waals surface area contributed by atoms with Gasteiger partial charge in [0, 0.05) is 21.7 Å². The van der Waals surface area contributed by atoms with E-state index in [2.05, 4.69) is 27.8 Å². The van der Waals surface area contributed by atoms with Crippen LogP contribution in [0.5, 0.6) is 5.75 Å². The molecule has 1 atom stereocenters. The molecule has 1 amide bonds. The minimum Gasteiger partial charge on any atom is -0.872 e. The summed E-state index contributed by atoms with van der Waals surface area (Å²) < 4.78 is 6.60. The van der Waals surface area contributed by atoms with E-state index in [0.717, 1.165) is 28.4 Å². The predicted octanol–water partition coefficient (Wildman–Crippen LogP) is 4.17. The number of H-pyrrole nitrogens is 1. The van der Waals surface area contributed by atoms with Crippen molar-refractivity contribution in [1.29, 1.82) is 0 Å². The quantitative estimate of drug-likeness (QED) is 0.188. The molecular formula is C28H27BrN2O4. The number of rotatable bonds is 8. The maximum Gasteiger partial charge on any atom is 0.295 e. The molecular weight excluding hydrogens is 508 g/mol. The van der Waals surface area contributed by atoms with Gasteiger partial charge in [-0.05, 0) is 60.4 Å². The van der Waals surface area contributed by atoms with Crippen molar-refractivity contribution in [1.82, 2.24) is 4.90 Å². The molecule has 1 aliphatic rings. The number of carbonyl (C=O) groups is 2. The zero-order chi connectivity index (χ0) is 24.9. The zero-order valence-corrected chi connectivity index (χ0v) is 21.3. The monoisotopic (exact) mass is 534 g/mol. The molecule has 1 aliphatic heterocycles. The van der Waals surface area contributed by atoms with Gasteiger partial charge in [0.25, 0.3) is 5.91 Å². The van der Waals surface area contributed by atoms with Gasteiger partial charge in [0.2, 0.25) is 5.78 Å². The summed E-state index contributed by atoms with van der Waals surface area (Å²) in [4.78, 5) is 30.8. The highest BCUT2D eigenvalue weighted by Gasteiger charge is 2.44. The van der Waals surface area contributed by atoms with E-state index in [1.54, 1.807) is 30.6 Å². The number of aryl methyl sites for hydroxylation is 1. The molecule has 7 heteroatoms. The normalized spacial score (nSPS) is 17.1. The Bertz CT molecular complexity index is 1270. The number of benzene rings is 2. The zero-order valence-electron chi connectivity index (χ0n) is 19.7. The molecule has 35 heavy (non-hydrogen) atoms. The number of amides is 1. The van der Waals surface area contributed by atoms with Crippen molar-refractivity contribution in [2.24, 2.45) is 0 Å². The van der Waals surface area contributed by atoms with E-state index in [9.17, 15) is 14.7 Å². The molecule has 180 valence electrons. The van der Waals surface area contributed by atoms with Gasteiger partial charge in [0.15, 0.2) is 12.4 Å². The Morgan fingerprint density at radius 2 is 1.97 bits per heavy atom. The van der Waals surface area contributed by atoms with Gasteiger partial charge < -0.3 is 14.7 Å². The molecule has 0 spiro atoms. The van der Waals surface area contributed by atoms with Crippen LogP contribution in [0.1, 0.15) is 48.1 Å². The van der Waals surface area contributed by atoms with Crippen LogP contribution in [-0.2, 0) is 16.1 Å². The van der Waals surface area contributed by atoms with Gasteiger partial charge in [0.05, 0.1) is 19.2 Å². The highest BCUT2D eigenvalue weighted by Crippen LogP contribution is 2.40. The fourth-order valence-electron chi connectivity index (χ4n) is 4.22. The number of Topliss-reactive ketones (excluding diaryl/α,β-unsaturated/α-hetero) is 1. The smallest absolute Gasteiger partial charge is 0.295 e. The van der Waals surface area contributed by atoms with Crippen LogP contribution in [0.4, 0.5) is 0 Å².